The monoisotopic (exact) mass is 450 g/mol. The minimum absolute atomic E-state index is 0.0997. The third kappa shape index (κ3) is 5.03. The van der Waals surface area contributed by atoms with Crippen molar-refractivity contribution in [3.63, 3.8) is 0 Å². The lowest BCUT2D eigenvalue weighted by atomic mass is 10.2. The first-order chi connectivity index (χ1) is 15.5. The van der Waals surface area contributed by atoms with Gasteiger partial charge in [0.25, 0.3) is 0 Å². The molecule has 0 bridgehead atoms. The summed E-state index contributed by atoms with van der Waals surface area (Å²) in [6.07, 6.45) is 0. The third-order valence-corrected chi connectivity index (χ3v) is 5.70. The summed E-state index contributed by atoms with van der Waals surface area (Å²) in [5.41, 5.74) is 2.99. The summed E-state index contributed by atoms with van der Waals surface area (Å²) in [5.74, 6) is -0.465. The third-order valence-electron chi connectivity index (χ3n) is 4.78. The number of thioether (sulfide) groups is 1. The van der Waals surface area contributed by atoms with Gasteiger partial charge < -0.3 is 5.32 Å². The molecule has 5 nitrogen and oxygen atoms in total. The van der Waals surface area contributed by atoms with E-state index in [1.54, 1.807) is 34.9 Å². The molecule has 1 N–H and O–H groups in total. The van der Waals surface area contributed by atoms with Crippen molar-refractivity contribution in [2.45, 2.75) is 18.6 Å². The van der Waals surface area contributed by atoms with E-state index in [-0.39, 0.29) is 17.5 Å². The van der Waals surface area contributed by atoms with Crippen LogP contribution >= 0.6 is 11.8 Å². The van der Waals surface area contributed by atoms with Crippen LogP contribution in [0.15, 0.2) is 78.0 Å². The van der Waals surface area contributed by atoms with Crippen LogP contribution in [0.5, 0.6) is 0 Å². The number of amides is 1. The van der Waals surface area contributed by atoms with Crippen molar-refractivity contribution >= 4 is 17.7 Å². The smallest absolute Gasteiger partial charge is 0.230 e. The molecule has 0 aliphatic carbocycles. The van der Waals surface area contributed by atoms with E-state index in [0.29, 0.717) is 23.1 Å². The number of rotatable bonds is 7. The molecule has 32 heavy (non-hydrogen) atoms. The van der Waals surface area contributed by atoms with Gasteiger partial charge in [0, 0.05) is 12.2 Å². The number of nitrogens with one attached hydrogen (secondary N) is 1. The number of carbonyl (C=O) groups is 1. The zero-order valence-electron chi connectivity index (χ0n) is 17.3. The minimum Gasteiger partial charge on any atom is -0.351 e. The lowest BCUT2D eigenvalue weighted by Crippen LogP contribution is -2.24. The van der Waals surface area contributed by atoms with Gasteiger partial charge in [-0.1, -0.05) is 53.7 Å². The molecule has 3 aromatic carbocycles. The molecule has 1 amide bonds. The number of hydrogen-bond acceptors (Lipinski definition) is 4. The number of nitrogens with zero attached hydrogens (tertiary/aromatic N) is 3. The summed E-state index contributed by atoms with van der Waals surface area (Å²) in [6, 6.07) is 20.0. The quantitative estimate of drug-likeness (QED) is 0.406. The van der Waals surface area contributed by atoms with E-state index in [0.717, 1.165) is 16.8 Å². The second-order valence-corrected chi connectivity index (χ2v) is 8.09. The maximum Gasteiger partial charge on any atom is 0.230 e. The summed E-state index contributed by atoms with van der Waals surface area (Å²) in [7, 11) is 0. The molecule has 4 aromatic rings. The van der Waals surface area contributed by atoms with Crippen molar-refractivity contribution in [3.05, 3.63) is 95.6 Å². The molecule has 0 aliphatic heterocycles. The van der Waals surface area contributed by atoms with Crippen molar-refractivity contribution in [1.82, 2.24) is 20.1 Å². The molecule has 0 unspecified atom stereocenters. The van der Waals surface area contributed by atoms with Crippen LogP contribution in [0, 0.1) is 18.6 Å². The standard InChI is InChI=1S/C24H20F2N4OS/c1-16-6-12-19(13-7-16)30-23(20-4-2-3-5-21(20)26)28-29-24(30)32-15-22(31)27-14-17-8-10-18(25)11-9-17/h2-13H,14-15H2,1H3,(H,27,31). The largest absolute Gasteiger partial charge is 0.351 e. The maximum absolute atomic E-state index is 14.5. The van der Waals surface area contributed by atoms with Crippen LogP contribution in [-0.2, 0) is 11.3 Å². The first-order valence-electron chi connectivity index (χ1n) is 9.92. The Morgan fingerprint density at radius 1 is 0.969 bits per heavy atom. The molecule has 8 heteroatoms. The molecule has 0 spiro atoms. The summed E-state index contributed by atoms with van der Waals surface area (Å²) in [6.45, 7) is 2.28. The predicted molar refractivity (Wildman–Crippen MR) is 120 cm³/mol. The van der Waals surface area contributed by atoms with Crippen molar-refractivity contribution in [2.75, 3.05) is 5.75 Å². The fourth-order valence-corrected chi connectivity index (χ4v) is 3.87. The number of aromatic nitrogens is 3. The fraction of sp³-hybridized carbons (Fsp3) is 0.125. The summed E-state index contributed by atoms with van der Waals surface area (Å²) in [5, 5.41) is 11.7. The van der Waals surface area contributed by atoms with Crippen LogP contribution in [0.1, 0.15) is 11.1 Å². The Labute approximate surface area is 188 Å². The van der Waals surface area contributed by atoms with Gasteiger partial charge in [0.2, 0.25) is 5.91 Å². The van der Waals surface area contributed by atoms with Crippen molar-refractivity contribution in [2.24, 2.45) is 0 Å². The highest BCUT2D eigenvalue weighted by Gasteiger charge is 2.19. The molecule has 0 saturated carbocycles. The molecule has 162 valence electrons. The molecule has 1 heterocycles. The van der Waals surface area contributed by atoms with Gasteiger partial charge in [-0.2, -0.15) is 0 Å². The summed E-state index contributed by atoms with van der Waals surface area (Å²) in [4.78, 5) is 12.4. The minimum atomic E-state index is -0.401. The zero-order chi connectivity index (χ0) is 22.5. The van der Waals surface area contributed by atoms with Crippen LogP contribution in [-0.4, -0.2) is 26.4 Å². The number of aryl methyl sites for hydroxylation is 1. The Bertz CT molecular complexity index is 1220. The topological polar surface area (TPSA) is 59.8 Å². The van der Waals surface area contributed by atoms with E-state index < -0.39 is 5.82 Å². The normalized spacial score (nSPS) is 10.8. The number of carbonyl (C=O) groups excluding carboxylic acids is 1. The van der Waals surface area contributed by atoms with E-state index in [1.165, 1.54) is 30.0 Å². The van der Waals surface area contributed by atoms with Crippen LogP contribution in [0.3, 0.4) is 0 Å². The van der Waals surface area contributed by atoms with Gasteiger partial charge in [-0.05, 0) is 48.9 Å². The van der Waals surface area contributed by atoms with Crippen molar-refractivity contribution in [3.8, 4) is 17.1 Å². The SMILES string of the molecule is Cc1ccc(-n2c(SCC(=O)NCc3ccc(F)cc3)nnc2-c2ccccc2F)cc1. The molecule has 0 aliphatic rings. The average molecular weight is 451 g/mol. The van der Waals surface area contributed by atoms with Crippen LogP contribution in [0.2, 0.25) is 0 Å². The molecule has 0 atom stereocenters. The molecular formula is C24H20F2N4OS. The second-order valence-electron chi connectivity index (χ2n) is 7.15. The van der Waals surface area contributed by atoms with Gasteiger partial charge in [-0.25, -0.2) is 8.78 Å². The van der Waals surface area contributed by atoms with Crippen LogP contribution in [0.25, 0.3) is 17.1 Å². The Balaban J connectivity index is 1.54. The van der Waals surface area contributed by atoms with E-state index in [4.69, 9.17) is 0 Å². The molecule has 1 aromatic heterocycles. The Morgan fingerprint density at radius 2 is 1.69 bits per heavy atom. The first kappa shape index (κ1) is 21.7. The maximum atomic E-state index is 14.5. The Hall–Kier alpha value is -3.52. The van der Waals surface area contributed by atoms with Gasteiger partial charge in [-0.3, -0.25) is 9.36 Å². The molecule has 0 saturated heterocycles. The molecule has 0 radical (unpaired) electrons. The number of halogens is 2. The first-order valence-corrected chi connectivity index (χ1v) is 10.9. The predicted octanol–water partition coefficient (Wildman–Crippen LogP) is 4.93. The van der Waals surface area contributed by atoms with E-state index in [9.17, 15) is 13.6 Å². The second kappa shape index (κ2) is 9.74. The van der Waals surface area contributed by atoms with E-state index in [1.807, 2.05) is 31.2 Å². The number of benzene rings is 3. The van der Waals surface area contributed by atoms with Crippen molar-refractivity contribution < 1.29 is 13.6 Å². The summed E-state index contributed by atoms with van der Waals surface area (Å²) >= 11 is 1.21. The highest BCUT2D eigenvalue weighted by Crippen LogP contribution is 2.29. The molecule has 4 rings (SSSR count). The fourth-order valence-electron chi connectivity index (χ4n) is 3.09. The van der Waals surface area contributed by atoms with Crippen LogP contribution < -0.4 is 5.32 Å². The molecular weight excluding hydrogens is 430 g/mol. The zero-order valence-corrected chi connectivity index (χ0v) is 18.1. The lowest BCUT2D eigenvalue weighted by Gasteiger charge is -2.11. The van der Waals surface area contributed by atoms with Crippen LogP contribution in [0.4, 0.5) is 8.78 Å². The lowest BCUT2D eigenvalue weighted by molar-refractivity contribution is -0.118. The van der Waals surface area contributed by atoms with Gasteiger partial charge >= 0.3 is 0 Å². The van der Waals surface area contributed by atoms with Gasteiger partial charge in [0.1, 0.15) is 11.6 Å². The highest BCUT2D eigenvalue weighted by atomic mass is 32.2. The highest BCUT2D eigenvalue weighted by molar-refractivity contribution is 7.99. The molecule has 0 fully saturated rings. The average Bonchev–Trinajstić information content (AvgIpc) is 3.22. The van der Waals surface area contributed by atoms with Gasteiger partial charge in [0.05, 0.1) is 11.3 Å². The van der Waals surface area contributed by atoms with Gasteiger partial charge in [0.15, 0.2) is 11.0 Å². The van der Waals surface area contributed by atoms with E-state index >= 15 is 0 Å². The van der Waals surface area contributed by atoms with Crippen molar-refractivity contribution in [1.29, 1.82) is 0 Å². The van der Waals surface area contributed by atoms with Gasteiger partial charge in [-0.15, -0.1) is 10.2 Å². The summed E-state index contributed by atoms with van der Waals surface area (Å²) < 4.78 is 29.2. The Morgan fingerprint density at radius 3 is 2.41 bits per heavy atom. The van der Waals surface area contributed by atoms with E-state index in [2.05, 4.69) is 15.5 Å². The Kier molecular flexibility index (Phi) is 6.61. The number of hydrogen-bond donors (Lipinski definition) is 1.